The number of halogens is 1. The lowest BCUT2D eigenvalue weighted by molar-refractivity contribution is -0.128. The normalized spacial score (nSPS) is 25.3. The molecule has 7 heteroatoms. The number of para-hydroxylation sites is 1. The van der Waals surface area contributed by atoms with Gasteiger partial charge in [0.05, 0.1) is 11.6 Å². The highest BCUT2D eigenvalue weighted by molar-refractivity contribution is 14.1. The van der Waals surface area contributed by atoms with Crippen molar-refractivity contribution in [3.05, 3.63) is 58.2 Å². The van der Waals surface area contributed by atoms with Gasteiger partial charge in [0, 0.05) is 28.3 Å². The number of nitrogens with two attached hydrogens (primary N) is 1. The lowest BCUT2D eigenvalue weighted by Crippen LogP contribution is -2.59. The van der Waals surface area contributed by atoms with Crippen molar-refractivity contribution in [2.24, 2.45) is 17.6 Å². The van der Waals surface area contributed by atoms with Crippen molar-refractivity contribution in [2.75, 3.05) is 23.0 Å². The Morgan fingerprint density at radius 3 is 2.42 bits per heavy atom. The van der Waals surface area contributed by atoms with Crippen molar-refractivity contribution in [3.8, 4) is 0 Å². The molecule has 2 amide bonds. The third-order valence-corrected chi connectivity index (χ3v) is 5.85. The van der Waals surface area contributed by atoms with E-state index in [0.717, 1.165) is 14.9 Å². The van der Waals surface area contributed by atoms with Crippen LogP contribution in [0.15, 0.2) is 54.6 Å². The molecule has 0 aliphatic carbocycles. The van der Waals surface area contributed by atoms with Crippen LogP contribution in [-0.4, -0.2) is 30.9 Å². The average molecular weight is 462 g/mol. The van der Waals surface area contributed by atoms with E-state index in [4.69, 9.17) is 5.73 Å². The van der Waals surface area contributed by atoms with Gasteiger partial charge < -0.3 is 10.6 Å². The van der Waals surface area contributed by atoms with Crippen LogP contribution in [0.1, 0.15) is 0 Å². The van der Waals surface area contributed by atoms with Crippen molar-refractivity contribution in [3.63, 3.8) is 0 Å². The van der Waals surface area contributed by atoms with Crippen LogP contribution in [0.4, 0.5) is 11.4 Å². The molecule has 6 nitrogen and oxygen atoms in total. The fraction of sp³-hybridized carbons (Fsp3) is 0.263. The number of fused-ring (bicyclic) bond motifs is 1. The summed E-state index contributed by atoms with van der Waals surface area (Å²) >= 11 is 2.23. The number of nitrogens with zero attached hydrogens (tertiary/aromatic N) is 2. The van der Waals surface area contributed by atoms with Gasteiger partial charge in [-0.2, -0.15) is 0 Å². The molecule has 0 bridgehead atoms. The van der Waals surface area contributed by atoms with E-state index < -0.39 is 12.0 Å². The molecule has 3 atom stereocenters. The van der Waals surface area contributed by atoms with Gasteiger partial charge in [-0.3, -0.25) is 14.6 Å². The van der Waals surface area contributed by atoms with E-state index in [0.29, 0.717) is 13.1 Å². The summed E-state index contributed by atoms with van der Waals surface area (Å²) in [6, 6.07) is 17.0. The zero-order chi connectivity index (χ0) is 18.3. The maximum absolute atomic E-state index is 13.3. The second kappa shape index (κ2) is 6.88. The number of hydrogen-bond donors (Lipinski definition) is 2. The molecule has 2 aromatic rings. The Morgan fingerprint density at radius 2 is 1.77 bits per heavy atom. The summed E-state index contributed by atoms with van der Waals surface area (Å²) in [5.74, 6) is -0.902. The van der Waals surface area contributed by atoms with E-state index >= 15 is 0 Å². The number of carbonyl (C=O) groups is 2. The van der Waals surface area contributed by atoms with E-state index in [1.165, 1.54) is 0 Å². The Morgan fingerprint density at radius 1 is 1.08 bits per heavy atom. The summed E-state index contributed by atoms with van der Waals surface area (Å²) in [5.41, 5.74) is 10.7. The fourth-order valence-electron chi connectivity index (χ4n) is 3.84. The maximum atomic E-state index is 13.3. The Bertz CT molecular complexity index is 827. The third-order valence-electron chi connectivity index (χ3n) is 5.13. The summed E-state index contributed by atoms with van der Waals surface area (Å²) in [4.78, 5) is 27.1. The molecular weight excluding hydrogens is 443 g/mol. The molecule has 0 aromatic heterocycles. The molecule has 0 saturated carbocycles. The van der Waals surface area contributed by atoms with Crippen LogP contribution >= 0.6 is 22.6 Å². The molecule has 26 heavy (non-hydrogen) atoms. The standard InChI is InChI=1S/C19H19IN4O2/c20-12-6-8-13(9-7-12)23-11-16(18(21)25)15-10-22-24(17(15)19(23)26)14-4-2-1-3-5-14/h1-9,15-17,22H,10-11H2,(H2,21,25). The number of carbonyl (C=O) groups excluding carboxylic acids is 2. The van der Waals surface area contributed by atoms with E-state index in [2.05, 4.69) is 28.0 Å². The monoisotopic (exact) mass is 462 g/mol. The first-order chi connectivity index (χ1) is 12.6. The first kappa shape index (κ1) is 17.3. The van der Waals surface area contributed by atoms with E-state index in [1.807, 2.05) is 59.6 Å². The molecule has 2 saturated heterocycles. The number of nitrogens with one attached hydrogen (secondary N) is 1. The lowest BCUT2D eigenvalue weighted by Gasteiger charge is -2.40. The van der Waals surface area contributed by atoms with Gasteiger partial charge in [0.2, 0.25) is 5.91 Å². The molecule has 2 aliphatic heterocycles. The molecule has 0 spiro atoms. The molecule has 3 N–H and O–H groups in total. The van der Waals surface area contributed by atoms with Crippen LogP contribution in [-0.2, 0) is 9.59 Å². The van der Waals surface area contributed by atoms with Gasteiger partial charge in [0.25, 0.3) is 5.91 Å². The van der Waals surface area contributed by atoms with Crippen LogP contribution in [0.25, 0.3) is 0 Å². The molecule has 2 aromatic carbocycles. The van der Waals surface area contributed by atoms with Gasteiger partial charge in [-0.05, 0) is 59.0 Å². The molecule has 2 heterocycles. The predicted octanol–water partition coefficient (Wildman–Crippen LogP) is 1.75. The molecule has 2 fully saturated rings. The second-order valence-corrected chi connectivity index (χ2v) is 7.86. The molecule has 4 rings (SSSR count). The number of primary amides is 1. The first-order valence-electron chi connectivity index (χ1n) is 8.50. The lowest BCUT2D eigenvalue weighted by atomic mass is 9.81. The van der Waals surface area contributed by atoms with Crippen molar-refractivity contribution in [2.45, 2.75) is 6.04 Å². The molecule has 0 radical (unpaired) electrons. The van der Waals surface area contributed by atoms with Gasteiger partial charge in [-0.15, -0.1) is 0 Å². The van der Waals surface area contributed by atoms with Crippen molar-refractivity contribution in [1.82, 2.24) is 5.43 Å². The quantitative estimate of drug-likeness (QED) is 0.682. The van der Waals surface area contributed by atoms with Crippen molar-refractivity contribution >= 4 is 45.8 Å². The number of piperidine rings is 1. The Hall–Kier alpha value is -2.13. The Balaban J connectivity index is 1.72. The van der Waals surface area contributed by atoms with Crippen LogP contribution in [0, 0.1) is 15.4 Å². The van der Waals surface area contributed by atoms with E-state index in [-0.39, 0.29) is 17.7 Å². The largest absolute Gasteiger partial charge is 0.369 e. The molecular formula is C19H19IN4O2. The van der Waals surface area contributed by atoms with Crippen molar-refractivity contribution < 1.29 is 9.59 Å². The number of rotatable bonds is 3. The summed E-state index contributed by atoms with van der Waals surface area (Å²) < 4.78 is 1.09. The Labute approximate surface area is 165 Å². The zero-order valence-electron chi connectivity index (χ0n) is 14.0. The number of hydrazine groups is 1. The summed E-state index contributed by atoms with van der Waals surface area (Å²) in [6.45, 7) is 0.875. The summed E-state index contributed by atoms with van der Waals surface area (Å²) in [6.07, 6.45) is 0. The number of benzene rings is 2. The van der Waals surface area contributed by atoms with Crippen LogP contribution in [0.5, 0.6) is 0 Å². The zero-order valence-corrected chi connectivity index (χ0v) is 16.2. The first-order valence-corrected chi connectivity index (χ1v) is 9.58. The second-order valence-electron chi connectivity index (χ2n) is 6.61. The SMILES string of the molecule is NC(=O)C1CN(c2ccc(I)cc2)C(=O)C2C1CNN2c1ccccc1. The average Bonchev–Trinajstić information content (AvgIpc) is 3.09. The maximum Gasteiger partial charge on any atom is 0.251 e. The summed E-state index contributed by atoms with van der Waals surface area (Å²) in [5, 5.41) is 1.88. The minimum Gasteiger partial charge on any atom is -0.369 e. The van der Waals surface area contributed by atoms with Crippen LogP contribution in [0.2, 0.25) is 0 Å². The predicted molar refractivity (Wildman–Crippen MR) is 108 cm³/mol. The van der Waals surface area contributed by atoms with Gasteiger partial charge in [0.1, 0.15) is 6.04 Å². The van der Waals surface area contributed by atoms with E-state index in [9.17, 15) is 9.59 Å². The van der Waals surface area contributed by atoms with Gasteiger partial charge in [-0.25, -0.2) is 5.43 Å². The number of hydrogen-bond acceptors (Lipinski definition) is 4. The molecule has 3 unspecified atom stereocenters. The van der Waals surface area contributed by atoms with Gasteiger partial charge in [0.15, 0.2) is 0 Å². The third kappa shape index (κ3) is 2.95. The van der Waals surface area contributed by atoms with Crippen LogP contribution in [0.3, 0.4) is 0 Å². The fourth-order valence-corrected chi connectivity index (χ4v) is 4.20. The topological polar surface area (TPSA) is 78.7 Å². The van der Waals surface area contributed by atoms with Gasteiger partial charge in [-0.1, -0.05) is 18.2 Å². The Kier molecular flexibility index (Phi) is 4.58. The summed E-state index contributed by atoms with van der Waals surface area (Å²) in [7, 11) is 0. The van der Waals surface area contributed by atoms with Crippen LogP contribution < -0.4 is 21.1 Å². The highest BCUT2D eigenvalue weighted by Crippen LogP contribution is 2.36. The number of amides is 2. The molecule has 134 valence electrons. The van der Waals surface area contributed by atoms with E-state index in [1.54, 1.807) is 4.90 Å². The van der Waals surface area contributed by atoms with Crippen molar-refractivity contribution in [1.29, 1.82) is 0 Å². The minimum absolute atomic E-state index is 0.0115. The number of anilines is 2. The molecule has 2 aliphatic rings. The smallest absolute Gasteiger partial charge is 0.251 e. The highest BCUT2D eigenvalue weighted by Gasteiger charge is 2.51. The minimum atomic E-state index is -0.456. The van der Waals surface area contributed by atoms with Gasteiger partial charge >= 0.3 is 0 Å². The highest BCUT2D eigenvalue weighted by atomic mass is 127.